The van der Waals surface area contributed by atoms with Gasteiger partial charge in [-0.2, -0.15) is 0 Å². The molecule has 0 radical (unpaired) electrons. The van der Waals surface area contributed by atoms with Gasteiger partial charge < -0.3 is 19.9 Å². The molecule has 1 saturated carbocycles. The van der Waals surface area contributed by atoms with Crippen molar-refractivity contribution in [2.45, 2.75) is 50.7 Å². The van der Waals surface area contributed by atoms with Crippen molar-refractivity contribution in [3.63, 3.8) is 0 Å². The Hall–Kier alpha value is -1.59. The summed E-state index contributed by atoms with van der Waals surface area (Å²) in [7, 11) is 1.95. The second kappa shape index (κ2) is 7.97. The maximum absolute atomic E-state index is 13.0. The van der Waals surface area contributed by atoms with Crippen LogP contribution in [0.1, 0.15) is 37.7 Å². The number of morpholine rings is 1. The summed E-state index contributed by atoms with van der Waals surface area (Å²) in [5.74, 6) is 0.947. The van der Waals surface area contributed by atoms with E-state index in [4.69, 9.17) is 4.74 Å². The number of carbonyl (C=O) groups excluding carboxylic acids is 1. The van der Waals surface area contributed by atoms with E-state index < -0.39 is 0 Å². The molecule has 1 aliphatic carbocycles. The predicted octanol–water partition coefficient (Wildman–Crippen LogP) is 2.40. The van der Waals surface area contributed by atoms with Crippen molar-refractivity contribution in [2.75, 3.05) is 38.3 Å². The van der Waals surface area contributed by atoms with Crippen molar-refractivity contribution in [2.24, 2.45) is 5.92 Å². The molecule has 0 bridgehead atoms. The lowest BCUT2D eigenvalue weighted by Gasteiger charge is -2.31. The quantitative estimate of drug-likeness (QED) is 0.899. The molecule has 3 atom stereocenters. The summed E-state index contributed by atoms with van der Waals surface area (Å²) in [6.45, 7) is 4.06. The zero-order valence-electron chi connectivity index (χ0n) is 15.8. The normalized spacial score (nSPS) is 28.7. The first-order valence-electron chi connectivity index (χ1n) is 10.1. The highest BCUT2D eigenvalue weighted by Crippen LogP contribution is 2.34. The van der Waals surface area contributed by atoms with Gasteiger partial charge in [0.25, 0.3) is 0 Å². The average molecular weight is 357 g/mol. The fourth-order valence-electron chi connectivity index (χ4n) is 4.87. The minimum absolute atomic E-state index is 0.00338. The Morgan fingerprint density at radius 2 is 2.00 bits per heavy atom. The molecule has 1 aromatic carbocycles. The summed E-state index contributed by atoms with van der Waals surface area (Å²) in [5, 5.41) is 3.62. The van der Waals surface area contributed by atoms with Crippen molar-refractivity contribution in [3.8, 4) is 0 Å². The minimum atomic E-state index is 0.00338. The Bertz CT molecular complexity index is 615. The van der Waals surface area contributed by atoms with E-state index in [0.29, 0.717) is 18.5 Å². The number of amides is 1. The molecule has 1 amide bonds. The van der Waals surface area contributed by atoms with Crippen LogP contribution in [0.3, 0.4) is 0 Å². The van der Waals surface area contributed by atoms with Gasteiger partial charge in [0.15, 0.2) is 0 Å². The van der Waals surface area contributed by atoms with Gasteiger partial charge in [-0.3, -0.25) is 4.79 Å². The summed E-state index contributed by atoms with van der Waals surface area (Å²) in [6.07, 6.45) is 6.16. The highest BCUT2D eigenvalue weighted by Gasteiger charge is 2.39. The lowest BCUT2D eigenvalue weighted by atomic mass is 9.85. The molecule has 4 rings (SSSR count). The van der Waals surface area contributed by atoms with E-state index >= 15 is 0 Å². The van der Waals surface area contributed by atoms with Crippen molar-refractivity contribution in [1.82, 2.24) is 10.2 Å². The molecule has 5 heteroatoms. The molecule has 2 aliphatic heterocycles. The van der Waals surface area contributed by atoms with E-state index in [9.17, 15) is 4.79 Å². The molecule has 1 N–H and O–H groups in total. The highest BCUT2D eigenvalue weighted by molar-refractivity contribution is 5.82. The molecule has 142 valence electrons. The zero-order chi connectivity index (χ0) is 17.9. The van der Waals surface area contributed by atoms with Gasteiger partial charge in [0.2, 0.25) is 5.91 Å². The fraction of sp³-hybridized carbons (Fsp3) is 0.667. The van der Waals surface area contributed by atoms with Crippen LogP contribution in [0.5, 0.6) is 0 Å². The summed E-state index contributed by atoms with van der Waals surface area (Å²) in [6, 6.07) is 9.03. The van der Waals surface area contributed by atoms with Crippen LogP contribution in [0.15, 0.2) is 24.3 Å². The first-order chi connectivity index (χ1) is 12.7. The van der Waals surface area contributed by atoms with E-state index in [-0.39, 0.29) is 11.9 Å². The number of anilines is 1. The van der Waals surface area contributed by atoms with E-state index in [1.54, 1.807) is 0 Å². The Balaban J connectivity index is 1.41. The standard InChI is InChI=1S/C21H31N3O2/c1-23(21(25)19-14-16-6-2-4-8-18(16)22-19)15-17-7-3-5-9-20(17)24-10-12-26-13-11-24/h3,5,7,9,16,18-19,22H,2,4,6,8,10-15H2,1H3. The number of nitrogens with one attached hydrogen (secondary N) is 1. The SMILES string of the molecule is CN(Cc1ccccc1N1CCOCC1)C(=O)C1CC2CCCCC2N1. The fourth-order valence-corrected chi connectivity index (χ4v) is 4.87. The number of carbonyl (C=O) groups is 1. The van der Waals surface area contributed by atoms with Crippen LogP contribution in [-0.4, -0.2) is 56.2 Å². The Labute approximate surface area is 156 Å². The van der Waals surface area contributed by atoms with E-state index in [0.717, 1.165) is 32.7 Å². The van der Waals surface area contributed by atoms with Crippen LogP contribution in [0.2, 0.25) is 0 Å². The molecule has 5 nitrogen and oxygen atoms in total. The van der Waals surface area contributed by atoms with Gasteiger partial charge in [0.05, 0.1) is 19.3 Å². The summed E-state index contributed by atoms with van der Waals surface area (Å²) >= 11 is 0. The summed E-state index contributed by atoms with van der Waals surface area (Å²) in [5.41, 5.74) is 2.46. The number of hydrogen-bond donors (Lipinski definition) is 1. The first kappa shape index (κ1) is 17.8. The minimum Gasteiger partial charge on any atom is -0.378 e. The maximum atomic E-state index is 13.0. The van der Waals surface area contributed by atoms with Crippen LogP contribution < -0.4 is 10.2 Å². The highest BCUT2D eigenvalue weighted by atomic mass is 16.5. The number of ether oxygens (including phenoxy) is 1. The predicted molar refractivity (Wildman–Crippen MR) is 103 cm³/mol. The van der Waals surface area contributed by atoms with Crippen LogP contribution in [0.4, 0.5) is 5.69 Å². The molecule has 3 unspecified atom stereocenters. The summed E-state index contributed by atoms with van der Waals surface area (Å²) < 4.78 is 5.48. The van der Waals surface area contributed by atoms with Gasteiger partial charge in [0.1, 0.15) is 0 Å². The van der Waals surface area contributed by atoms with Crippen molar-refractivity contribution >= 4 is 11.6 Å². The molecule has 26 heavy (non-hydrogen) atoms. The lowest BCUT2D eigenvalue weighted by Crippen LogP contribution is -2.44. The molecule has 3 aliphatic rings. The van der Waals surface area contributed by atoms with Gasteiger partial charge in [-0.05, 0) is 36.8 Å². The zero-order valence-corrected chi connectivity index (χ0v) is 15.8. The van der Waals surface area contributed by atoms with Gasteiger partial charge in [-0.1, -0.05) is 31.0 Å². The largest absolute Gasteiger partial charge is 0.378 e. The van der Waals surface area contributed by atoms with Gasteiger partial charge in [-0.25, -0.2) is 0 Å². The lowest BCUT2D eigenvalue weighted by molar-refractivity contribution is -0.132. The molecule has 0 spiro atoms. The Kier molecular flexibility index (Phi) is 5.46. The number of rotatable bonds is 4. The van der Waals surface area contributed by atoms with Gasteiger partial charge in [0, 0.05) is 38.4 Å². The summed E-state index contributed by atoms with van der Waals surface area (Å²) in [4.78, 5) is 17.3. The number of benzene rings is 1. The molecule has 1 aromatic rings. The second-order valence-corrected chi connectivity index (χ2v) is 8.03. The number of fused-ring (bicyclic) bond motifs is 1. The second-order valence-electron chi connectivity index (χ2n) is 8.03. The average Bonchev–Trinajstić information content (AvgIpc) is 3.12. The van der Waals surface area contributed by atoms with Crippen LogP contribution >= 0.6 is 0 Å². The van der Waals surface area contributed by atoms with Crippen LogP contribution in [-0.2, 0) is 16.1 Å². The third-order valence-corrected chi connectivity index (χ3v) is 6.29. The van der Waals surface area contributed by atoms with Crippen LogP contribution in [0, 0.1) is 5.92 Å². The Morgan fingerprint density at radius 3 is 2.81 bits per heavy atom. The number of para-hydroxylation sites is 1. The van der Waals surface area contributed by atoms with E-state index in [1.807, 2.05) is 11.9 Å². The van der Waals surface area contributed by atoms with Crippen molar-refractivity contribution in [3.05, 3.63) is 29.8 Å². The van der Waals surface area contributed by atoms with Gasteiger partial charge in [-0.15, -0.1) is 0 Å². The van der Waals surface area contributed by atoms with Gasteiger partial charge >= 0.3 is 0 Å². The topological polar surface area (TPSA) is 44.8 Å². The van der Waals surface area contributed by atoms with E-state index in [1.165, 1.54) is 36.9 Å². The maximum Gasteiger partial charge on any atom is 0.239 e. The molecule has 3 fully saturated rings. The first-order valence-corrected chi connectivity index (χ1v) is 10.1. The molecule has 2 heterocycles. The van der Waals surface area contributed by atoms with Crippen molar-refractivity contribution in [1.29, 1.82) is 0 Å². The van der Waals surface area contributed by atoms with Crippen molar-refractivity contribution < 1.29 is 9.53 Å². The molecule has 2 saturated heterocycles. The third-order valence-electron chi connectivity index (χ3n) is 6.29. The van der Waals surface area contributed by atoms with E-state index in [2.05, 4.69) is 34.5 Å². The third kappa shape index (κ3) is 3.74. The smallest absolute Gasteiger partial charge is 0.239 e. The molecule has 0 aromatic heterocycles. The molecular weight excluding hydrogens is 326 g/mol. The number of likely N-dealkylation sites (N-methyl/N-ethyl adjacent to an activating group) is 1. The Morgan fingerprint density at radius 1 is 1.23 bits per heavy atom. The monoisotopic (exact) mass is 357 g/mol. The number of nitrogens with zero attached hydrogens (tertiary/aromatic N) is 2. The molecular formula is C21H31N3O2. The van der Waals surface area contributed by atoms with Crippen LogP contribution in [0.25, 0.3) is 0 Å². The number of hydrogen-bond acceptors (Lipinski definition) is 4.